The Hall–Kier alpha value is -1.76. The summed E-state index contributed by atoms with van der Waals surface area (Å²) in [6.07, 6.45) is 1.89. The Balaban J connectivity index is 1.91. The second kappa shape index (κ2) is 6.86. The molecule has 4 nitrogen and oxygen atoms in total. The van der Waals surface area contributed by atoms with Crippen LogP contribution < -0.4 is 0 Å². The van der Waals surface area contributed by atoms with Crippen molar-refractivity contribution in [3.8, 4) is 0 Å². The first-order valence-corrected chi connectivity index (χ1v) is 10.4. The monoisotopic (exact) mass is 392 g/mol. The second-order valence-electron chi connectivity index (χ2n) is 5.98. The Morgan fingerprint density at radius 1 is 1.16 bits per heavy atom. The van der Waals surface area contributed by atoms with Crippen molar-refractivity contribution in [2.24, 2.45) is 5.10 Å². The number of benzene rings is 2. The molecule has 0 aliphatic carbocycles. The summed E-state index contributed by atoms with van der Waals surface area (Å²) >= 11 is 11.3. The van der Waals surface area contributed by atoms with Crippen LogP contribution in [0.25, 0.3) is 0 Å². The molecule has 0 saturated carbocycles. The summed E-state index contributed by atoms with van der Waals surface area (Å²) in [6, 6.07) is 14.5. The van der Waals surface area contributed by atoms with Gasteiger partial charge in [-0.1, -0.05) is 48.1 Å². The van der Waals surface area contributed by atoms with E-state index < -0.39 is 9.84 Å². The molecule has 130 valence electrons. The maximum atomic E-state index is 11.6. The maximum absolute atomic E-state index is 11.6. The van der Waals surface area contributed by atoms with Crippen molar-refractivity contribution in [2.45, 2.75) is 24.3 Å². The maximum Gasteiger partial charge on any atom is 0.175 e. The summed E-state index contributed by atoms with van der Waals surface area (Å²) in [5, 5.41) is 7.17. The average Bonchev–Trinajstić information content (AvgIpc) is 3.00. The Labute approximate surface area is 158 Å². The molecule has 0 saturated heterocycles. The quantitative estimate of drug-likeness (QED) is 0.733. The molecule has 1 atom stereocenters. The third kappa shape index (κ3) is 3.92. The van der Waals surface area contributed by atoms with Crippen molar-refractivity contribution in [1.29, 1.82) is 0 Å². The standard InChI is InChI=1S/C18H17ClN2O2S2/c1-12(24)21-18(14-3-7-15(19)8-4-14)11-17(20-21)13-5-9-16(10-6-13)25(2,22)23/h3-10,18H,11H2,1-2H3. The number of thiocarbonyl (C=S) groups is 1. The van der Waals surface area contributed by atoms with E-state index in [1.54, 1.807) is 24.3 Å². The number of hydrogen-bond donors (Lipinski definition) is 0. The molecule has 1 aliphatic heterocycles. The van der Waals surface area contributed by atoms with E-state index in [1.165, 1.54) is 6.26 Å². The fourth-order valence-electron chi connectivity index (χ4n) is 2.81. The van der Waals surface area contributed by atoms with E-state index in [4.69, 9.17) is 23.8 Å². The van der Waals surface area contributed by atoms with E-state index in [2.05, 4.69) is 5.10 Å². The van der Waals surface area contributed by atoms with Gasteiger partial charge in [-0.15, -0.1) is 0 Å². The zero-order valence-electron chi connectivity index (χ0n) is 13.8. The lowest BCUT2D eigenvalue weighted by atomic mass is 9.98. The van der Waals surface area contributed by atoms with Crippen molar-refractivity contribution in [2.75, 3.05) is 6.26 Å². The molecular formula is C18H17ClN2O2S2. The Morgan fingerprint density at radius 2 is 1.76 bits per heavy atom. The van der Waals surface area contributed by atoms with Crippen LogP contribution in [0.1, 0.15) is 30.5 Å². The number of hydrogen-bond acceptors (Lipinski definition) is 4. The molecule has 1 unspecified atom stereocenters. The van der Waals surface area contributed by atoms with Crippen molar-refractivity contribution in [1.82, 2.24) is 5.01 Å². The molecule has 0 amide bonds. The van der Waals surface area contributed by atoms with E-state index in [9.17, 15) is 8.42 Å². The largest absolute Gasteiger partial charge is 0.251 e. The SMILES string of the molecule is CC(=S)N1N=C(c2ccc(S(C)(=O)=O)cc2)CC1c1ccc(Cl)cc1. The van der Waals surface area contributed by atoms with Crippen LogP contribution in [-0.4, -0.2) is 30.4 Å². The van der Waals surface area contributed by atoms with Crippen LogP contribution in [0.15, 0.2) is 58.5 Å². The summed E-state index contributed by atoms with van der Waals surface area (Å²) in [4.78, 5) is 0.981. The third-order valence-corrected chi connectivity index (χ3v) is 5.67. The van der Waals surface area contributed by atoms with E-state index in [0.717, 1.165) is 16.8 Å². The molecule has 1 aliphatic rings. The smallest absolute Gasteiger partial charge is 0.175 e. The van der Waals surface area contributed by atoms with Crippen LogP contribution in [0, 0.1) is 0 Å². The third-order valence-electron chi connectivity index (χ3n) is 4.10. The lowest BCUT2D eigenvalue weighted by molar-refractivity contribution is 0.374. The van der Waals surface area contributed by atoms with Gasteiger partial charge in [0, 0.05) is 17.7 Å². The van der Waals surface area contributed by atoms with Gasteiger partial charge < -0.3 is 0 Å². The minimum atomic E-state index is -3.21. The van der Waals surface area contributed by atoms with Crippen molar-refractivity contribution < 1.29 is 8.42 Å². The van der Waals surface area contributed by atoms with Crippen LogP contribution in [0.3, 0.4) is 0 Å². The van der Waals surface area contributed by atoms with Gasteiger partial charge in [-0.25, -0.2) is 8.42 Å². The summed E-state index contributed by atoms with van der Waals surface area (Å²) in [7, 11) is -3.21. The van der Waals surface area contributed by atoms with E-state index >= 15 is 0 Å². The molecule has 0 radical (unpaired) electrons. The summed E-state index contributed by atoms with van der Waals surface area (Å²) < 4.78 is 23.2. The van der Waals surface area contributed by atoms with Gasteiger partial charge in [-0.3, -0.25) is 5.01 Å². The van der Waals surface area contributed by atoms with Gasteiger partial charge in [0.2, 0.25) is 0 Å². The molecular weight excluding hydrogens is 376 g/mol. The minimum absolute atomic E-state index is 0.0133. The highest BCUT2D eigenvalue weighted by Gasteiger charge is 2.29. The lowest BCUT2D eigenvalue weighted by Gasteiger charge is -2.22. The Kier molecular flexibility index (Phi) is 4.95. The number of halogens is 1. The molecule has 2 aromatic rings. The zero-order valence-corrected chi connectivity index (χ0v) is 16.2. The highest BCUT2D eigenvalue weighted by atomic mass is 35.5. The van der Waals surface area contributed by atoms with Gasteiger partial charge in [0.25, 0.3) is 0 Å². The van der Waals surface area contributed by atoms with Crippen LogP contribution >= 0.6 is 23.8 Å². The van der Waals surface area contributed by atoms with E-state index in [0.29, 0.717) is 21.3 Å². The first-order valence-electron chi connectivity index (χ1n) is 7.69. The minimum Gasteiger partial charge on any atom is -0.251 e. The molecule has 25 heavy (non-hydrogen) atoms. The van der Waals surface area contributed by atoms with Crippen LogP contribution in [0.5, 0.6) is 0 Å². The van der Waals surface area contributed by atoms with E-state index in [-0.39, 0.29) is 6.04 Å². The van der Waals surface area contributed by atoms with Crippen molar-refractivity contribution in [3.63, 3.8) is 0 Å². The van der Waals surface area contributed by atoms with Gasteiger partial charge in [-0.2, -0.15) is 5.10 Å². The summed E-state index contributed by atoms with van der Waals surface area (Å²) in [6.45, 7) is 1.84. The molecule has 3 rings (SSSR count). The first-order chi connectivity index (χ1) is 11.8. The topological polar surface area (TPSA) is 49.7 Å². The van der Waals surface area contributed by atoms with Crippen LogP contribution in [-0.2, 0) is 9.84 Å². The normalized spacial score (nSPS) is 17.5. The van der Waals surface area contributed by atoms with Crippen LogP contribution in [0.4, 0.5) is 0 Å². The predicted molar refractivity (Wildman–Crippen MR) is 105 cm³/mol. The van der Waals surface area contributed by atoms with Gasteiger partial charge in [-0.05, 0) is 42.3 Å². The van der Waals surface area contributed by atoms with Gasteiger partial charge in [0.1, 0.15) is 0 Å². The molecule has 0 bridgehead atoms. The predicted octanol–water partition coefficient (Wildman–Crippen LogP) is 4.24. The number of rotatable bonds is 3. The molecule has 7 heteroatoms. The second-order valence-corrected chi connectivity index (χ2v) is 9.02. The summed E-state index contributed by atoms with van der Waals surface area (Å²) in [5.41, 5.74) is 2.86. The Morgan fingerprint density at radius 3 is 2.28 bits per heavy atom. The summed E-state index contributed by atoms with van der Waals surface area (Å²) in [5.74, 6) is 0. The van der Waals surface area contributed by atoms with Crippen LogP contribution in [0.2, 0.25) is 5.02 Å². The van der Waals surface area contributed by atoms with Gasteiger partial charge in [0.15, 0.2) is 9.84 Å². The fraction of sp³-hybridized carbons (Fsp3) is 0.222. The first kappa shape index (κ1) is 18.0. The molecule has 0 fully saturated rings. The van der Waals surface area contributed by atoms with E-state index in [1.807, 2.05) is 36.2 Å². The van der Waals surface area contributed by atoms with Gasteiger partial charge in [0.05, 0.1) is 21.6 Å². The molecule has 0 aromatic heterocycles. The molecule has 2 aromatic carbocycles. The van der Waals surface area contributed by atoms with Crippen molar-refractivity contribution >= 4 is 44.4 Å². The number of hydrazone groups is 1. The Bertz CT molecular complexity index is 936. The van der Waals surface area contributed by atoms with Gasteiger partial charge >= 0.3 is 0 Å². The lowest BCUT2D eigenvalue weighted by Crippen LogP contribution is -2.22. The number of nitrogens with zero attached hydrogens (tertiary/aromatic N) is 2. The highest BCUT2D eigenvalue weighted by Crippen LogP contribution is 2.33. The highest BCUT2D eigenvalue weighted by molar-refractivity contribution is 7.90. The molecule has 0 spiro atoms. The molecule has 0 N–H and O–H groups in total. The zero-order chi connectivity index (χ0) is 18.2. The average molecular weight is 393 g/mol. The molecule has 1 heterocycles. The van der Waals surface area contributed by atoms with Crippen molar-refractivity contribution in [3.05, 3.63) is 64.7 Å². The fourth-order valence-corrected chi connectivity index (χ4v) is 3.74. The number of sulfone groups is 1.